The second-order valence-corrected chi connectivity index (χ2v) is 4.07. The van der Waals surface area contributed by atoms with Crippen molar-refractivity contribution in [2.75, 3.05) is 0 Å². The number of carbonyl (C=O) groups excluding carboxylic acids is 1. The summed E-state index contributed by atoms with van der Waals surface area (Å²) in [6.07, 6.45) is 6.43. The summed E-state index contributed by atoms with van der Waals surface area (Å²) in [7, 11) is 0. The minimum atomic E-state index is 0.0405. The van der Waals surface area contributed by atoms with E-state index in [1.807, 2.05) is 19.9 Å². The number of ketones is 1. The van der Waals surface area contributed by atoms with E-state index in [4.69, 9.17) is 0 Å². The van der Waals surface area contributed by atoms with Crippen molar-refractivity contribution in [1.29, 1.82) is 0 Å². The van der Waals surface area contributed by atoms with E-state index >= 15 is 0 Å². The molecule has 0 atom stereocenters. The predicted octanol–water partition coefficient (Wildman–Crippen LogP) is 2.15. The summed E-state index contributed by atoms with van der Waals surface area (Å²) in [5.74, 6) is 0.511. The first-order valence-corrected chi connectivity index (χ1v) is 5.33. The Kier molecular flexibility index (Phi) is 2.66. The minimum Gasteiger partial charge on any atom is -0.285 e. The smallest absolute Gasteiger partial charge is 0.225 e. The fourth-order valence-corrected chi connectivity index (χ4v) is 1.81. The van der Waals surface area contributed by atoms with Gasteiger partial charge in [-0.3, -0.25) is 4.79 Å². The summed E-state index contributed by atoms with van der Waals surface area (Å²) in [4.78, 5) is 16.1. The molecule has 15 heavy (non-hydrogen) atoms. The highest BCUT2D eigenvalue weighted by Crippen LogP contribution is 2.21. The van der Waals surface area contributed by atoms with E-state index in [0.29, 0.717) is 5.82 Å². The second kappa shape index (κ2) is 3.96. The molecule has 0 saturated heterocycles. The van der Waals surface area contributed by atoms with Crippen LogP contribution in [0.4, 0.5) is 0 Å². The van der Waals surface area contributed by atoms with Gasteiger partial charge in [0.2, 0.25) is 5.78 Å². The van der Waals surface area contributed by atoms with Gasteiger partial charge in [-0.05, 0) is 38.7 Å². The maximum absolute atomic E-state index is 12.0. The van der Waals surface area contributed by atoms with Crippen molar-refractivity contribution in [3.05, 3.63) is 23.8 Å². The van der Waals surface area contributed by atoms with Crippen molar-refractivity contribution in [2.24, 2.45) is 0 Å². The van der Waals surface area contributed by atoms with Crippen molar-refractivity contribution < 1.29 is 4.79 Å². The molecule has 4 heteroatoms. The van der Waals surface area contributed by atoms with Gasteiger partial charge < -0.3 is 0 Å². The molecule has 0 unspecified atom stereocenters. The zero-order chi connectivity index (χ0) is 10.8. The van der Waals surface area contributed by atoms with Crippen LogP contribution >= 0.6 is 0 Å². The topological polar surface area (TPSA) is 47.8 Å². The Labute approximate surface area is 89.0 Å². The van der Waals surface area contributed by atoms with E-state index in [0.717, 1.165) is 24.8 Å². The standard InChI is InChI=1S/C11H15N3O/c1-8(2)14-11(12-7-13-14)10(15)9-5-3-4-6-9/h5,7-8H,3-4,6H2,1-2H3. The summed E-state index contributed by atoms with van der Waals surface area (Å²) < 4.78 is 1.68. The number of carbonyl (C=O) groups is 1. The van der Waals surface area contributed by atoms with Crippen LogP contribution in [0.3, 0.4) is 0 Å². The lowest BCUT2D eigenvalue weighted by Crippen LogP contribution is -2.14. The molecule has 0 radical (unpaired) electrons. The molecule has 1 aliphatic rings. The summed E-state index contributed by atoms with van der Waals surface area (Å²) in [6, 6.07) is 0.174. The first-order valence-electron chi connectivity index (χ1n) is 5.33. The van der Waals surface area contributed by atoms with Crippen LogP contribution in [-0.4, -0.2) is 20.5 Å². The van der Waals surface area contributed by atoms with Gasteiger partial charge in [0.1, 0.15) is 6.33 Å². The largest absolute Gasteiger partial charge is 0.285 e. The molecular weight excluding hydrogens is 190 g/mol. The molecule has 0 amide bonds. The van der Waals surface area contributed by atoms with Crippen molar-refractivity contribution in [1.82, 2.24) is 14.8 Å². The Morgan fingerprint density at radius 1 is 1.53 bits per heavy atom. The van der Waals surface area contributed by atoms with Crippen molar-refractivity contribution >= 4 is 5.78 Å². The number of Topliss-reactive ketones (excluding diaryl/α,β-unsaturated/α-hetero) is 1. The summed E-state index contributed by atoms with van der Waals surface area (Å²) in [5.41, 5.74) is 0.893. The van der Waals surface area contributed by atoms with Gasteiger partial charge in [-0.2, -0.15) is 5.10 Å². The van der Waals surface area contributed by atoms with Crippen LogP contribution in [0.2, 0.25) is 0 Å². The lowest BCUT2D eigenvalue weighted by molar-refractivity contribution is 0.101. The molecule has 0 spiro atoms. The Balaban J connectivity index is 2.29. The molecule has 0 aliphatic heterocycles. The van der Waals surface area contributed by atoms with Crippen molar-refractivity contribution in [3.8, 4) is 0 Å². The minimum absolute atomic E-state index is 0.0405. The monoisotopic (exact) mass is 205 g/mol. The highest BCUT2D eigenvalue weighted by atomic mass is 16.1. The highest BCUT2D eigenvalue weighted by molar-refractivity contribution is 6.06. The zero-order valence-corrected chi connectivity index (χ0v) is 9.10. The van der Waals surface area contributed by atoms with Crippen LogP contribution < -0.4 is 0 Å². The van der Waals surface area contributed by atoms with Gasteiger partial charge in [0.05, 0.1) is 0 Å². The summed E-state index contributed by atoms with van der Waals surface area (Å²) in [6.45, 7) is 3.99. The Bertz CT molecular complexity index is 404. The van der Waals surface area contributed by atoms with Gasteiger partial charge in [0, 0.05) is 6.04 Å². The van der Waals surface area contributed by atoms with E-state index in [9.17, 15) is 4.79 Å². The highest BCUT2D eigenvalue weighted by Gasteiger charge is 2.21. The average molecular weight is 205 g/mol. The molecule has 2 rings (SSSR count). The van der Waals surface area contributed by atoms with Crippen molar-refractivity contribution in [2.45, 2.75) is 39.2 Å². The second-order valence-electron chi connectivity index (χ2n) is 4.07. The molecule has 1 heterocycles. The molecule has 0 N–H and O–H groups in total. The first kappa shape index (κ1) is 10.1. The molecule has 1 aromatic rings. The van der Waals surface area contributed by atoms with Crippen LogP contribution in [0.15, 0.2) is 18.0 Å². The maximum Gasteiger partial charge on any atom is 0.225 e. The Morgan fingerprint density at radius 2 is 2.33 bits per heavy atom. The third-order valence-electron chi connectivity index (χ3n) is 2.60. The van der Waals surface area contributed by atoms with Crippen LogP contribution in [0.5, 0.6) is 0 Å². The normalized spacial score (nSPS) is 15.8. The number of allylic oxidation sites excluding steroid dienone is 2. The Morgan fingerprint density at radius 3 is 2.93 bits per heavy atom. The van der Waals surface area contributed by atoms with Crippen LogP contribution in [0, 0.1) is 0 Å². The molecule has 0 fully saturated rings. The lowest BCUT2D eigenvalue weighted by atomic mass is 10.1. The fraction of sp³-hybridized carbons (Fsp3) is 0.545. The van der Waals surface area contributed by atoms with Gasteiger partial charge in [0.15, 0.2) is 5.82 Å². The van der Waals surface area contributed by atoms with E-state index in [-0.39, 0.29) is 11.8 Å². The summed E-state index contributed by atoms with van der Waals surface area (Å²) in [5, 5.41) is 4.07. The quantitative estimate of drug-likeness (QED) is 0.710. The molecule has 0 saturated carbocycles. The maximum atomic E-state index is 12.0. The average Bonchev–Trinajstić information content (AvgIpc) is 2.88. The van der Waals surface area contributed by atoms with Gasteiger partial charge in [-0.25, -0.2) is 9.67 Å². The number of rotatable bonds is 3. The van der Waals surface area contributed by atoms with Gasteiger partial charge in [0.25, 0.3) is 0 Å². The van der Waals surface area contributed by atoms with Crippen LogP contribution in [0.1, 0.15) is 49.8 Å². The molecule has 1 aromatic heterocycles. The molecule has 0 bridgehead atoms. The van der Waals surface area contributed by atoms with E-state index in [2.05, 4.69) is 10.1 Å². The van der Waals surface area contributed by atoms with Crippen LogP contribution in [-0.2, 0) is 0 Å². The van der Waals surface area contributed by atoms with Gasteiger partial charge in [-0.15, -0.1) is 0 Å². The van der Waals surface area contributed by atoms with Crippen LogP contribution in [0.25, 0.3) is 0 Å². The summed E-state index contributed by atoms with van der Waals surface area (Å²) >= 11 is 0. The zero-order valence-electron chi connectivity index (χ0n) is 9.10. The third kappa shape index (κ3) is 1.84. The predicted molar refractivity (Wildman–Crippen MR) is 56.7 cm³/mol. The molecular formula is C11H15N3O. The Hall–Kier alpha value is -1.45. The molecule has 1 aliphatic carbocycles. The molecule has 80 valence electrons. The third-order valence-corrected chi connectivity index (χ3v) is 2.60. The number of hydrogen-bond donors (Lipinski definition) is 0. The number of hydrogen-bond acceptors (Lipinski definition) is 3. The van der Waals surface area contributed by atoms with Crippen molar-refractivity contribution in [3.63, 3.8) is 0 Å². The first-order chi connectivity index (χ1) is 7.20. The van der Waals surface area contributed by atoms with Gasteiger partial charge in [-0.1, -0.05) is 6.08 Å². The fourth-order valence-electron chi connectivity index (χ4n) is 1.81. The molecule has 0 aromatic carbocycles. The van der Waals surface area contributed by atoms with E-state index < -0.39 is 0 Å². The number of nitrogens with zero attached hydrogens (tertiary/aromatic N) is 3. The lowest BCUT2D eigenvalue weighted by Gasteiger charge is -2.08. The number of aromatic nitrogens is 3. The molecule has 4 nitrogen and oxygen atoms in total. The van der Waals surface area contributed by atoms with E-state index in [1.165, 1.54) is 6.33 Å². The SMILES string of the molecule is CC(C)n1ncnc1C(=O)C1=CCCC1. The van der Waals surface area contributed by atoms with E-state index in [1.54, 1.807) is 4.68 Å². The van der Waals surface area contributed by atoms with Gasteiger partial charge >= 0.3 is 0 Å².